The molecule has 3 rings (SSSR count). The van der Waals surface area contributed by atoms with Crippen LogP contribution < -0.4 is 9.62 Å². The molecule has 2 amide bonds. The first-order chi connectivity index (χ1) is 18.8. The molecule has 0 spiro atoms. The van der Waals surface area contributed by atoms with Gasteiger partial charge in [0.25, 0.3) is 0 Å². The Morgan fingerprint density at radius 3 is 2.17 bits per heavy atom. The van der Waals surface area contributed by atoms with E-state index in [-0.39, 0.29) is 25.2 Å². The number of hydrogen-bond acceptors (Lipinski definition) is 4. The third-order valence-electron chi connectivity index (χ3n) is 6.03. The molecule has 40 heavy (non-hydrogen) atoms. The van der Waals surface area contributed by atoms with E-state index in [0.29, 0.717) is 21.0 Å². The SMILES string of the molecule is CCNC(=O)[C@H](Cc1ccccc1)N(Cc1ccc(Cl)cc1)C(=O)CN(c1cccc(C(F)(F)F)c1)S(C)(=O)=O. The van der Waals surface area contributed by atoms with Crippen LogP contribution in [0.15, 0.2) is 78.9 Å². The molecule has 7 nitrogen and oxygen atoms in total. The fraction of sp³-hybridized carbons (Fsp3) is 0.286. The van der Waals surface area contributed by atoms with Gasteiger partial charge < -0.3 is 10.2 Å². The molecule has 0 saturated carbocycles. The Balaban J connectivity index is 2.06. The van der Waals surface area contributed by atoms with E-state index in [4.69, 9.17) is 11.6 Å². The smallest absolute Gasteiger partial charge is 0.355 e. The fourth-order valence-corrected chi connectivity index (χ4v) is 5.05. The third kappa shape index (κ3) is 8.46. The highest BCUT2D eigenvalue weighted by atomic mass is 35.5. The highest BCUT2D eigenvalue weighted by molar-refractivity contribution is 7.92. The van der Waals surface area contributed by atoms with Crippen molar-refractivity contribution in [2.24, 2.45) is 0 Å². The van der Waals surface area contributed by atoms with Crippen molar-refractivity contribution in [3.05, 3.63) is 101 Å². The summed E-state index contributed by atoms with van der Waals surface area (Å²) in [5.74, 6) is -1.23. The van der Waals surface area contributed by atoms with Crippen LogP contribution in [0.5, 0.6) is 0 Å². The maximum atomic E-state index is 13.9. The van der Waals surface area contributed by atoms with Crippen LogP contribution in [0.25, 0.3) is 0 Å². The van der Waals surface area contributed by atoms with Crippen LogP contribution in [-0.2, 0) is 38.8 Å². The molecule has 0 unspecified atom stereocenters. The van der Waals surface area contributed by atoms with Crippen molar-refractivity contribution >= 4 is 39.1 Å². The van der Waals surface area contributed by atoms with Crippen LogP contribution in [0.4, 0.5) is 18.9 Å². The van der Waals surface area contributed by atoms with Crippen LogP contribution in [-0.4, -0.2) is 50.5 Å². The molecular formula is C28H29ClF3N3O4S. The number of hydrogen-bond donors (Lipinski definition) is 1. The minimum atomic E-state index is -4.72. The van der Waals surface area contributed by atoms with Gasteiger partial charge in [-0.3, -0.25) is 13.9 Å². The van der Waals surface area contributed by atoms with Crippen molar-refractivity contribution in [2.75, 3.05) is 23.7 Å². The average Bonchev–Trinajstić information content (AvgIpc) is 2.90. The number of nitrogens with zero attached hydrogens (tertiary/aromatic N) is 2. The predicted octanol–water partition coefficient (Wildman–Crippen LogP) is 4.90. The number of alkyl halides is 3. The molecule has 0 radical (unpaired) electrons. The Bertz CT molecular complexity index is 1420. The van der Waals surface area contributed by atoms with Crippen molar-refractivity contribution in [3.8, 4) is 0 Å². The van der Waals surface area contributed by atoms with Crippen molar-refractivity contribution < 1.29 is 31.2 Å². The lowest BCUT2D eigenvalue weighted by Crippen LogP contribution is -2.53. The highest BCUT2D eigenvalue weighted by Crippen LogP contribution is 2.32. The fourth-order valence-electron chi connectivity index (χ4n) is 4.08. The summed E-state index contributed by atoms with van der Waals surface area (Å²) < 4.78 is 66.2. The van der Waals surface area contributed by atoms with E-state index < -0.39 is 46.2 Å². The summed E-state index contributed by atoms with van der Waals surface area (Å²) in [6, 6.07) is 18.2. The molecule has 0 saturated heterocycles. The number of halogens is 4. The quantitative estimate of drug-likeness (QED) is 0.342. The number of carbonyl (C=O) groups excluding carboxylic acids is 2. The molecule has 0 aromatic heterocycles. The lowest BCUT2D eigenvalue weighted by molar-refractivity contribution is -0.140. The number of nitrogens with one attached hydrogen (secondary N) is 1. The van der Waals surface area contributed by atoms with Gasteiger partial charge in [0.1, 0.15) is 12.6 Å². The normalized spacial score (nSPS) is 12.4. The molecule has 1 N–H and O–H groups in total. The van der Waals surface area contributed by atoms with Gasteiger partial charge in [0.2, 0.25) is 21.8 Å². The molecule has 1 atom stereocenters. The summed E-state index contributed by atoms with van der Waals surface area (Å²) in [7, 11) is -4.20. The number of benzene rings is 3. The maximum absolute atomic E-state index is 13.9. The Morgan fingerprint density at radius 1 is 0.950 bits per heavy atom. The Hall–Kier alpha value is -3.57. The number of likely N-dealkylation sites (N-methyl/N-ethyl adjacent to an activating group) is 1. The van der Waals surface area contributed by atoms with E-state index in [1.165, 1.54) is 11.0 Å². The molecule has 12 heteroatoms. The van der Waals surface area contributed by atoms with Gasteiger partial charge in [-0.2, -0.15) is 13.2 Å². The second-order valence-electron chi connectivity index (χ2n) is 9.07. The molecular weight excluding hydrogens is 567 g/mol. The minimum Gasteiger partial charge on any atom is -0.355 e. The Morgan fingerprint density at radius 2 is 1.60 bits per heavy atom. The zero-order chi connectivity index (χ0) is 29.5. The van der Waals surface area contributed by atoms with Gasteiger partial charge in [0, 0.05) is 24.5 Å². The van der Waals surface area contributed by atoms with Gasteiger partial charge in [-0.05, 0) is 48.4 Å². The average molecular weight is 596 g/mol. The molecule has 3 aromatic carbocycles. The second kappa shape index (κ2) is 13.2. The van der Waals surface area contributed by atoms with Gasteiger partial charge in [-0.25, -0.2) is 8.42 Å². The van der Waals surface area contributed by atoms with E-state index in [1.54, 1.807) is 61.5 Å². The third-order valence-corrected chi connectivity index (χ3v) is 7.42. The van der Waals surface area contributed by atoms with Crippen molar-refractivity contribution in [2.45, 2.75) is 32.1 Å². The topological polar surface area (TPSA) is 86.8 Å². The lowest BCUT2D eigenvalue weighted by Gasteiger charge is -2.33. The van der Waals surface area contributed by atoms with Gasteiger partial charge in [0.15, 0.2) is 0 Å². The number of amides is 2. The monoisotopic (exact) mass is 595 g/mol. The van der Waals surface area contributed by atoms with E-state index in [0.717, 1.165) is 24.0 Å². The van der Waals surface area contributed by atoms with Gasteiger partial charge in [-0.15, -0.1) is 0 Å². The van der Waals surface area contributed by atoms with E-state index in [1.807, 2.05) is 0 Å². The van der Waals surface area contributed by atoms with Crippen LogP contribution in [0, 0.1) is 0 Å². The standard InChI is InChI=1S/C28H29ClF3N3O4S/c1-3-33-27(37)25(16-20-8-5-4-6-9-20)34(18-21-12-14-23(29)15-13-21)26(36)19-35(40(2,38)39)24-11-7-10-22(17-24)28(30,31)32/h4-15,17,25H,3,16,18-19H2,1-2H3,(H,33,37)/t25-/m0/s1. The number of sulfonamides is 1. The highest BCUT2D eigenvalue weighted by Gasteiger charge is 2.34. The Labute approximate surface area is 236 Å². The summed E-state index contributed by atoms with van der Waals surface area (Å²) in [6.45, 7) is 1.11. The van der Waals surface area contributed by atoms with E-state index in [9.17, 15) is 31.2 Å². The minimum absolute atomic E-state index is 0.0785. The van der Waals surface area contributed by atoms with Gasteiger partial charge >= 0.3 is 6.18 Å². The molecule has 0 aliphatic carbocycles. The first-order valence-corrected chi connectivity index (χ1v) is 14.5. The lowest BCUT2D eigenvalue weighted by atomic mass is 10.0. The first kappa shape index (κ1) is 31.0. The molecule has 3 aromatic rings. The molecule has 0 aliphatic rings. The largest absolute Gasteiger partial charge is 0.416 e. The zero-order valence-corrected chi connectivity index (χ0v) is 23.4. The summed E-state index contributed by atoms with van der Waals surface area (Å²) in [6.07, 6.45) is -3.80. The number of rotatable bonds is 11. The maximum Gasteiger partial charge on any atom is 0.416 e. The van der Waals surface area contributed by atoms with Gasteiger partial charge in [0.05, 0.1) is 17.5 Å². The molecule has 214 valence electrons. The van der Waals surface area contributed by atoms with Crippen molar-refractivity contribution in [3.63, 3.8) is 0 Å². The number of carbonyl (C=O) groups is 2. The van der Waals surface area contributed by atoms with E-state index in [2.05, 4.69) is 5.32 Å². The first-order valence-electron chi connectivity index (χ1n) is 12.3. The predicted molar refractivity (Wildman–Crippen MR) is 148 cm³/mol. The van der Waals surface area contributed by atoms with Crippen LogP contribution in [0.1, 0.15) is 23.6 Å². The van der Waals surface area contributed by atoms with Crippen LogP contribution >= 0.6 is 11.6 Å². The Kier molecular flexibility index (Phi) is 10.2. The molecule has 0 bridgehead atoms. The second-order valence-corrected chi connectivity index (χ2v) is 11.4. The van der Waals surface area contributed by atoms with Gasteiger partial charge in [-0.1, -0.05) is 60.1 Å². The summed E-state index contributed by atoms with van der Waals surface area (Å²) in [5, 5.41) is 3.18. The van der Waals surface area contributed by atoms with Crippen molar-refractivity contribution in [1.29, 1.82) is 0 Å². The van der Waals surface area contributed by atoms with Crippen molar-refractivity contribution in [1.82, 2.24) is 10.2 Å². The van der Waals surface area contributed by atoms with Crippen LogP contribution in [0.3, 0.4) is 0 Å². The molecule has 0 aliphatic heterocycles. The molecule has 0 heterocycles. The molecule has 0 fully saturated rings. The summed E-state index contributed by atoms with van der Waals surface area (Å²) in [5.41, 5.74) is -0.0151. The number of anilines is 1. The summed E-state index contributed by atoms with van der Waals surface area (Å²) in [4.78, 5) is 28.4. The zero-order valence-electron chi connectivity index (χ0n) is 21.9. The van der Waals surface area contributed by atoms with E-state index >= 15 is 0 Å². The summed E-state index contributed by atoms with van der Waals surface area (Å²) >= 11 is 6.01. The van der Waals surface area contributed by atoms with Crippen LogP contribution in [0.2, 0.25) is 5.02 Å².